The van der Waals surface area contributed by atoms with Gasteiger partial charge in [-0.25, -0.2) is 15.0 Å². The van der Waals surface area contributed by atoms with Gasteiger partial charge in [0, 0.05) is 133 Å². The van der Waals surface area contributed by atoms with Crippen LogP contribution >= 0.6 is 15.9 Å². The minimum Gasteiger partial charge on any atom is -1.00 e. The van der Waals surface area contributed by atoms with E-state index >= 15 is 0 Å². The summed E-state index contributed by atoms with van der Waals surface area (Å²) in [6, 6.07) is 27.3. The standard InChI is InChI=1S/C29H43N5O3.C27H39N5O3.C25H37N5O.C4H7BrO2.CH2O3.2K.H/c1-2-37-27(35)20-30-22-14-17-33(21-22)28-29(36)34(26-13-9-8-12-25(26)31-28)24-15-18-32(19-16-24)23-10-6-4-3-5-7-11-23;33-25(34)18-28-20-12-15-31(19-20)26-27(35)32(24-11-7-6-10-23(24)29-26)22-13-16-30(17-14-22)21-8-4-2-1-3-5-9-21;26-19-12-15-29(18-19)24-25(31)30(23-11-7-6-10-22(23)27-24)21-13-16-28(17-14-21)20-8-4-2-1-3-5-9-20;1-2-7-4(6)3-5;2-1-4-3;;;/h8-9,12-13,22-24,30H,2-7,10-11,14-21H2,1H3;6-7,10-11,20-22,28H,1-5,8-9,12-19H2,(H,33,34);6-7,10-11,19-21H,1-5,8-9,12-18,26H2;2-3H2,1H3;1,3H;;;/q;;;;;2*+1;-1/p-1/t22-;20-;19-;;;;;/m000...../s1. The maximum absolute atomic E-state index is 13.9. The fourth-order valence-corrected chi connectivity index (χ4v) is 19.3. The Morgan fingerprint density at radius 3 is 1.05 bits per heavy atom. The van der Waals surface area contributed by atoms with E-state index in [2.05, 4.69) is 71.3 Å². The molecule has 3 aliphatic carbocycles. The van der Waals surface area contributed by atoms with Crippen LogP contribution in [0.2, 0.25) is 0 Å². The van der Waals surface area contributed by atoms with Gasteiger partial charge in [-0.2, -0.15) is 0 Å². The number of carboxylic acids is 1. The summed E-state index contributed by atoms with van der Waals surface area (Å²) < 4.78 is 15.7. The Balaban J connectivity index is 0.000000203. The van der Waals surface area contributed by atoms with Gasteiger partial charge in [0.05, 0.1) is 59.4 Å². The Labute approximate surface area is 779 Å². The molecule has 3 saturated carbocycles. The zero-order valence-corrected chi connectivity index (χ0v) is 77.5. The number of carbonyl (C=O) groups excluding carboxylic acids is 3. The molecule has 5 N–H and O–H groups in total. The number of nitrogens with two attached hydrogens (primary N) is 1. The number of fused-ring (bicyclic) bond motifs is 3. The summed E-state index contributed by atoms with van der Waals surface area (Å²) in [5.41, 5.74) is 11.7. The zero-order chi connectivity index (χ0) is 80.1. The average molecular weight is 1720 g/mol. The number of para-hydroxylation sites is 6. The number of piperidine rings is 3. The number of carbonyl (C=O) groups is 4. The van der Waals surface area contributed by atoms with E-state index in [1.807, 2.05) is 87.7 Å². The van der Waals surface area contributed by atoms with Gasteiger partial charge >= 0.3 is 121 Å². The first kappa shape index (κ1) is 95.7. The third-order valence-electron chi connectivity index (χ3n) is 25.0. The second-order valence-electron chi connectivity index (χ2n) is 32.5. The van der Waals surface area contributed by atoms with Crippen LogP contribution in [0.3, 0.4) is 0 Å². The molecule has 0 amide bonds. The molecule has 9 aliphatic rings. The molecule has 628 valence electrons. The van der Waals surface area contributed by atoms with E-state index in [0.29, 0.717) is 67.7 Å². The predicted molar refractivity (Wildman–Crippen MR) is 451 cm³/mol. The summed E-state index contributed by atoms with van der Waals surface area (Å²) in [5, 5.41) is 24.1. The van der Waals surface area contributed by atoms with Gasteiger partial charge in [-0.15, -0.1) is 0 Å². The maximum atomic E-state index is 13.9. The van der Waals surface area contributed by atoms with Crippen LogP contribution in [-0.2, 0) is 33.5 Å². The number of aromatic nitrogens is 6. The minimum atomic E-state index is -0.861. The molecule has 6 saturated heterocycles. The number of benzene rings is 3. The maximum Gasteiger partial charge on any atom is 1.00 e. The minimum absolute atomic E-state index is 0. The summed E-state index contributed by atoms with van der Waals surface area (Å²) >= 11 is 2.94. The number of nitrogens with zero attached hydrogens (tertiary/aromatic N) is 12. The number of carboxylic acid groups (broad SMARTS) is 1. The molecule has 15 rings (SSSR count). The molecule has 0 bridgehead atoms. The van der Waals surface area contributed by atoms with Gasteiger partial charge in [-0.05, 0) is 147 Å². The first-order chi connectivity index (χ1) is 55.7. The van der Waals surface area contributed by atoms with Gasteiger partial charge < -0.3 is 85.6 Å². The summed E-state index contributed by atoms with van der Waals surface area (Å²) in [4.78, 5) is 114. The van der Waals surface area contributed by atoms with Crippen LogP contribution < -0.4 is 156 Å². The van der Waals surface area contributed by atoms with Crippen LogP contribution in [0.15, 0.2) is 87.2 Å². The number of anilines is 3. The van der Waals surface area contributed by atoms with E-state index in [9.17, 15) is 28.8 Å². The summed E-state index contributed by atoms with van der Waals surface area (Å²) in [5.74, 6) is 0.335. The topological polar surface area (TPSA) is 313 Å². The Morgan fingerprint density at radius 1 is 0.457 bits per heavy atom. The van der Waals surface area contributed by atoms with Gasteiger partial charge in [0.2, 0.25) is 0 Å². The van der Waals surface area contributed by atoms with Gasteiger partial charge in [0.15, 0.2) is 17.5 Å². The molecule has 30 heteroatoms. The van der Waals surface area contributed by atoms with Crippen molar-refractivity contribution in [1.82, 2.24) is 54.0 Å². The number of aliphatic carboxylic acids is 1. The Kier molecular flexibility index (Phi) is 41.6. The zero-order valence-electron chi connectivity index (χ0n) is 70.7. The Morgan fingerprint density at radius 2 is 0.759 bits per heavy atom. The van der Waals surface area contributed by atoms with E-state index in [1.54, 1.807) is 6.92 Å². The number of hydrogen-bond acceptors (Lipinski definition) is 23. The first-order valence-electron chi connectivity index (χ1n) is 43.2. The van der Waals surface area contributed by atoms with Crippen LogP contribution in [0.4, 0.5) is 17.5 Å². The van der Waals surface area contributed by atoms with Crippen molar-refractivity contribution in [2.24, 2.45) is 5.73 Å². The van der Waals surface area contributed by atoms with Crippen molar-refractivity contribution < 1.29 is 148 Å². The van der Waals surface area contributed by atoms with Crippen molar-refractivity contribution in [3.05, 3.63) is 104 Å². The third-order valence-corrected chi connectivity index (χ3v) is 25.5. The van der Waals surface area contributed by atoms with E-state index < -0.39 is 5.97 Å². The quantitative estimate of drug-likeness (QED) is 0.0217. The van der Waals surface area contributed by atoms with Crippen LogP contribution in [0.1, 0.15) is 226 Å². The average Bonchev–Trinajstić information content (AvgIpc) is 1.72. The molecule has 0 radical (unpaired) electrons. The molecule has 116 heavy (non-hydrogen) atoms. The number of nitrogens with one attached hydrogen (secondary N) is 2. The van der Waals surface area contributed by atoms with Gasteiger partial charge in [0.25, 0.3) is 23.2 Å². The number of halogens is 1. The smallest absolute Gasteiger partial charge is 1.00 e. The number of likely N-dealkylation sites (tertiary alicyclic amines) is 3. The number of esters is 2. The van der Waals surface area contributed by atoms with Crippen molar-refractivity contribution in [3.8, 4) is 0 Å². The van der Waals surface area contributed by atoms with Crippen molar-refractivity contribution in [2.45, 2.75) is 261 Å². The van der Waals surface area contributed by atoms with Crippen molar-refractivity contribution in [2.75, 3.05) is 125 Å². The molecule has 0 spiro atoms. The van der Waals surface area contributed by atoms with Crippen LogP contribution in [0.5, 0.6) is 0 Å². The monoisotopic (exact) mass is 1720 g/mol. The second kappa shape index (κ2) is 50.4. The molecule has 3 atom stereocenters. The van der Waals surface area contributed by atoms with Crippen LogP contribution in [0, 0.1) is 0 Å². The molecular weight excluding hydrogens is 1590 g/mol. The molecule has 0 unspecified atom stereocenters. The number of rotatable bonds is 19. The molecule has 6 aromatic rings. The predicted octanol–water partition coefficient (Wildman–Crippen LogP) is 4.46. The Hall–Kier alpha value is -4.17. The normalized spacial score (nSPS) is 21.7. The van der Waals surface area contributed by atoms with Crippen LogP contribution in [-0.4, -0.2) is 219 Å². The van der Waals surface area contributed by atoms with Gasteiger partial charge in [-0.1, -0.05) is 149 Å². The molecule has 3 aromatic heterocycles. The molecule has 27 nitrogen and oxygen atoms in total. The first-order valence-corrected chi connectivity index (χ1v) is 44.3. The summed E-state index contributed by atoms with van der Waals surface area (Å²) in [6.45, 7) is 15.1. The Bertz CT molecular complexity index is 4200. The summed E-state index contributed by atoms with van der Waals surface area (Å²) in [6.07, 6.45) is 37.3. The van der Waals surface area contributed by atoms with Crippen LogP contribution in [0.25, 0.3) is 33.1 Å². The molecule has 3 aromatic carbocycles. The molecule has 6 aliphatic heterocycles. The van der Waals surface area contributed by atoms with E-state index in [-0.39, 0.29) is 189 Å². The van der Waals surface area contributed by atoms with Gasteiger partial charge in [0.1, 0.15) is 5.33 Å². The van der Waals surface area contributed by atoms with Crippen molar-refractivity contribution >= 4 is 90.9 Å². The second-order valence-corrected chi connectivity index (χ2v) is 33.1. The SMILES string of the molecule is CCOC(=O)CBr.CCOC(=O)CN[C@H]1CCN(c2nc3ccccc3n(C3CCN(C4CCCCCCC4)CC3)c2=O)C1.N[C@H]1CCN(c2nc3ccccc3n(C3CCN(C4CCCCCCC4)CC3)c2=O)C1.O=C(O)CN[C@H]1CCN(c2nc3ccccc3n(C3CCN(C4CCCCCCC4)CC3)c2=O)C1.O=CO[O-].[H-].[K+].[K+]. The van der Waals surface area contributed by atoms with Crippen molar-refractivity contribution in [3.63, 3.8) is 0 Å². The fraction of sp³-hybridized carbons (Fsp3) is 0.674. The number of hydrogen-bond donors (Lipinski definition) is 4. The van der Waals surface area contributed by atoms with E-state index in [0.717, 1.165) is 156 Å². The van der Waals surface area contributed by atoms with Crippen molar-refractivity contribution in [1.29, 1.82) is 0 Å². The summed E-state index contributed by atoms with van der Waals surface area (Å²) in [7, 11) is 0. The molecule has 9 fully saturated rings. The third kappa shape index (κ3) is 27.2. The largest absolute Gasteiger partial charge is 1.00 e. The van der Waals surface area contributed by atoms with E-state index in [4.69, 9.17) is 40.6 Å². The van der Waals surface area contributed by atoms with E-state index in [1.165, 1.54) is 135 Å². The molecule has 9 heterocycles. The van der Waals surface area contributed by atoms with Gasteiger partial charge in [-0.3, -0.25) is 33.6 Å². The molecular formula is C86H128BrK2N15O12. The number of alkyl halides is 1. The number of ether oxygens (including phenoxy) is 2. The fourth-order valence-electron chi connectivity index (χ4n) is 19.1.